The van der Waals surface area contributed by atoms with Crippen molar-refractivity contribution in [3.05, 3.63) is 35.6 Å². The molecule has 15 heavy (non-hydrogen) atoms. The third-order valence-corrected chi connectivity index (χ3v) is 3.23. The second-order valence-corrected chi connectivity index (χ2v) is 4.12. The normalized spacial score (nSPS) is 22.9. The van der Waals surface area contributed by atoms with Gasteiger partial charge in [0.1, 0.15) is 5.82 Å². The number of rotatable bonds is 3. The summed E-state index contributed by atoms with van der Waals surface area (Å²) in [5.74, 6) is 0.507. The van der Waals surface area contributed by atoms with E-state index in [1.807, 2.05) is 12.1 Å². The van der Waals surface area contributed by atoms with Crippen molar-refractivity contribution >= 4 is 0 Å². The molecule has 2 unspecified atom stereocenters. The monoisotopic (exact) mass is 208 g/mol. The van der Waals surface area contributed by atoms with Gasteiger partial charge in [-0.3, -0.25) is 0 Å². The number of nitrogens with one attached hydrogen (secondary N) is 1. The van der Waals surface area contributed by atoms with Crippen molar-refractivity contribution in [1.82, 2.24) is 5.32 Å². The lowest BCUT2D eigenvalue weighted by Gasteiger charge is -2.22. The standard InChI is InChI=1S/C12H17FN2/c13-12-4-2-1-3-10(12)11(7-14)9-5-6-15-8-9/h1-4,9,11,15H,5-8,14H2. The van der Waals surface area contributed by atoms with E-state index in [0.717, 1.165) is 25.1 Å². The largest absolute Gasteiger partial charge is 0.330 e. The number of halogens is 1. The lowest BCUT2D eigenvalue weighted by Crippen LogP contribution is -2.24. The van der Waals surface area contributed by atoms with Gasteiger partial charge in [-0.15, -0.1) is 0 Å². The van der Waals surface area contributed by atoms with E-state index >= 15 is 0 Å². The summed E-state index contributed by atoms with van der Waals surface area (Å²) in [6, 6.07) is 6.97. The summed E-state index contributed by atoms with van der Waals surface area (Å²) in [6.45, 7) is 2.50. The maximum atomic E-state index is 13.6. The Morgan fingerprint density at radius 2 is 2.27 bits per heavy atom. The van der Waals surface area contributed by atoms with Gasteiger partial charge in [0, 0.05) is 5.92 Å². The molecule has 1 aliphatic heterocycles. The Kier molecular flexibility index (Phi) is 3.34. The van der Waals surface area contributed by atoms with Crippen molar-refractivity contribution < 1.29 is 4.39 Å². The van der Waals surface area contributed by atoms with E-state index in [1.54, 1.807) is 6.07 Å². The van der Waals surface area contributed by atoms with Crippen LogP contribution in [0.4, 0.5) is 4.39 Å². The van der Waals surface area contributed by atoms with E-state index in [0.29, 0.717) is 12.5 Å². The van der Waals surface area contributed by atoms with Gasteiger partial charge in [-0.2, -0.15) is 0 Å². The molecule has 1 aromatic carbocycles. The molecule has 3 heteroatoms. The van der Waals surface area contributed by atoms with Crippen LogP contribution in [-0.4, -0.2) is 19.6 Å². The smallest absolute Gasteiger partial charge is 0.126 e. The molecule has 2 atom stereocenters. The first-order valence-electron chi connectivity index (χ1n) is 5.48. The second-order valence-electron chi connectivity index (χ2n) is 4.12. The highest BCUT2D eigenvalue weighted by Crippen LogP contribution is 2.29. The third-order valence-electron chi connectivity index (χ3n) is 3.23. The average molecular weight is 208 g/mol. The zero-order valence-electron chi connectivity index (χ0n) is 8.75. The summed E-state index contributed by atoms with van der Waals surface area (Å²) >= 11 is 0. The Morgan fingerprint density at radius 3 is 2.87 bits per heavy atom. The van der Waals surface area contributed by atoms with E-state index in [1.165, 1.54) is 6.07 Å². The molecule has 0 aliphatic carbocycles. The molecule has 2 nitrogen and oxygen atoms in total. The highest BCUT2D eigenvalue weighted by atomic mass is 19.1. The van der Waals surface area contributed by atoms with Gasteiger partial charge in [0.2, 0.25) is 0 Å². The van der Waals surface area contributed by atoms with Crippen molar-refractivity contribution in [2.45, 2.75) is 12.3 Å². The average Bonchev–Trinajstić information content (AvgIpc) is 2.75. The van der Waals surface area contributed by atoms with E-state index in [4.69, 9.17) is 5.73 Å². The number of hydrogen-bond donors (Lipinski definition) is 2. The molecule has 1 fully saturated rings. The first-order chi connectivity index (χ1) is 7.33. The zero-order chi connectivity index (χ0) is 10.7. The first-order valence-corrected chi connectivity index (χ1v) is 5.48. The van der Waals surface area contributed by atoms with Crippen LogP contribution in [0.1, 0.15) is 17.9 Å². The van der Waals surface area contributed by atoms with Gasteiger partial charge >= 0.3 is 0 Å². The highest BCUT2D eigenvalue weighted by Gasteiger charge is 2.26. The summed E-state index contributed by atoms with van der Waals surface area (Å²) in [7, 11) is 0. The van der Waals surface area contributed by atoms with Crippen molar-refractivity contribution in [3.63, 3.8) is 0 Å². The molecule has 1 heterocycles. The van der Waals surface area contributed by atoms with E-state index in [-0.39, 0.29) is 11.7 Å². The minimum absolute atomic E-state index is 0.125. The Hall–Kier alpha value is -0.930. The molecule has 1 aliphatic rings. The van der Waals surface area contributed by atoms with Crippen LogP contribution in [0.25, 0.3) is 0 Å². The topological polar surface area (TPSA) is 38.0 Å². The number of hydrogen-bond acceptors (Lipinski definition) is 2. The van der Waals surface area contributed by atoms with Crippen LogP contribution in [0, 0.1) is 11.7 Å². The molecule has 3 N–H and O–H groups in total. The summed E-state index contributed by atoms with van der Waals surface area (Å²) in [5.41, 5.74) is 6.53. The molecule has 0 spiro atoms. The van der Waals surface area contributed by atoms with Crippen LogP contribution in [0.3, 0.4) is 0 Å². The minimum Gasteiger partial charge on any atom is -0.330 e. The first kappa shape index (κ1) is 10.6. The maximum absolute atomic E-state index is 13.6. The fourth-order valence-corrected chi connectivity index (χ4v) is 2.37. The predicted molar refractivity (Wildman–Crippen MR) is 59.2 cm³/mol. The molecular weight excluding hydrogens is 191 g/mol. The van der Waals surface area contributed by atoms with Crippen LogP contribution in [-0.2, 0) is 0 Å². The zero-order valence-corrected chi connectivity index (χ0v) is 8.75. The van der Waals surface area contributed by atoms with Crippen molar-refractivity contribution in [2.24, 2.45) is 11.7 Å². The molecular formula is C12H17FN2. The molecule has 1 saturated heterocycles. The molecule has 2 rings (SSSR count). The van der Waals surface area contributed by atoms with E-state index in [9.17, 15) is 4.39 Å². The SMILES string of the molecule is NCC(c1ccccc1F)C1CCNC1. The summed E-state index contributed by atoms with van der Waals surface area (Å²) in [4.78, 5) is 0. The predicted octanol–water partition coefficient (Wildman–Crippen LogP) is 1.48. The summed E-state index contributed by atoms with van der Waals surface area (Å²) < 4.78 is 13.6. The Labute approximate surface area is 89.7 Å². The lowest BCUT2D eigenvalue weighted by molar-refractivity contribution is 0.446. The van der Waals surface area contributed by atoms with Crippen LogP contribution < -0.4 is 11.1 Å². The van der Waals surface area contributed by atoms with Gasteiger partial charge in [-0.1, -0.05) is 18.2 Å². The van der Waals surface area contributed by atoms with E-state index in [2.05, 4.69) is 5.32 Å². The highest BCUT2D eigenvalue weighted by molar-refractivity contribution is 5.23. The van der Waals surface area contributed by atoms with Crippen LogP contribution in [0.5, 0.6) is 0 Å². The molecule has 0 amide bonds. The fraction of sp³-hybridized carbons (Fsp3) is 0.500. The van der Waals surface area contributed by atoms with Crippen LogP contribution in [0.2, 0.25) is 0 Å². The molecule has 0 aromatic heterocycles. The molecule has 0 saturated carbocycles. The molecule has 0 bridgehead atoms. The van der Waals surface area contributed by atoms with Gasteiger partial charge in [-0.05, 0) is 43.6 Å². The summed E-state index contributed by atoms with van der Waals surface area (Å²) in [6.07, 6.45) is 1.09. The van der Waals surface area contributed by atoms with E-state index < -0.39 is 0 Å². The fourth-order valence-electron chi connectivity index (χ4n) is 2.37. The van der Waals surface area contributed by atoms with Gasteiger partial charge < -0.3 is 11.1 Å². The van der Waals surface area contributed by atoms with Crippen LogP contribution >= 0.6 is 0 Å². The lowest BCUT2D eigenvalue weighted by atomic mass is 9.85. The molecule has 1 aromatic rings. The third kappa shape index (κ3) is 2.19. The maximum Gasteiger partial charge on any atom is 0.126 e. The van der Waals surface area contributed by atoms with Gasteiger partial charge in [-0.25, -0.2) is 4.39 Å². The van der Waals surface area contributed by atoms with Crippen molar-refractivity contribution in [3.8, 4) is 0 Å². The Bertz CT molecular complexity index is 321. The van der Waals surface area contributed by atoms with Crippen molar-refractivity contribution in [2.75, 3.05) is 19.6 Å². The van der Waals surface area contributed by atoms with Gasteiger partial charge in [0.05, 0.1) is 0 Å². The quantitative estimate of drug-likeness (QED) is 0.789. The van der Waals surface area contributed by atoms with Crippen molar-refractivity contribution in [1.29, 1.82) is 0 Å². The van der Waals surface area contributed by atoms with Gasteiger partial charge in [0.15, 0.2) is 0 Å². The molecule has 0 radical (unpaired) electrons. The second kappa shape index (κ2) is 4.73. The Balaban J connectivity index is 2.22. The number of nitrogens with two attached hydrogens (primary N) is 1. The summed E-state index contributed by atoms with van der Waals surface area (Å²) in [5, 5.41) is 3.30. The minimum atomic E-state index is -0.125. The Morgan fingerprint density at radius 1 is 1.47 bits per heavy atom. The van der Waals surface area contributed by atoms with Gasteiger partial charge in [0.25, 0.3) is 0 Å². The number of benzene rings is 1. The molecule has 82 valence electrons. The van der Waals surface area contributed by atoms with Crippen LogP contribution in [0.15, 0.2) is 24.3 Å².